The summed E-state index contributed by atoms with van der Waals surface area (Å²) in [4.78, 5) is 11.0. The lowest BCUT2D eigenvalue weighted by molar-refractivity contribution is -0.137. The van der Waals surface area contributed by atoms with Crippen molar-refractivity contribution < 1.29 is 18.3 Å². The summed E-state index contributed by atoms with van der Waals surface area (Å²) in [5, 5.41) is 8.68. The van der Waals surface area contributed by atoms with E-state index in [9.17, 15) is 13.2 Å². The fourth-order valence-corrected chi connectivity index (χ4v) is 6.52. The van der Waals surface area contributed by atoms with Gasteiger partial charge in [-0.15, -0.1) is 0 Å². The van der Waals surface area contributed by atoms with Crippen molar-refractivity contribution in [1.82, 2.24) is 0 Å². The van der Waals surface area contributed by atoms with Gasteiger partial charge in [0.1, 0.15) is 0 Å². The fraction of sp³-hybridized carbons (Fsp3) is 0.591. The molecule has 1 aromatic rings. The molecule has 0 amide bonds. The number of fused-ring (bicyclic) bond motifs is 2. The average molecular weight is 391 g/mol. The van der Waals surface area contributed by atoms with Crippen LogP contribution in [0.2, 0.25) is 0 Å². The largest absolute Gasteiger partial charge is 0.481 e. The van der Waals surface area contributed by atoms with Gasteiger partial charge in [-0.3, -0.25) is 4.79 Å². The molecule has 2 aliphatic carbocycles. The number of hydrogen-bond donors (Lipinski definition) is 1. The van der Waals surface area contributed by atoms with E-state index in [4.69, 9.17) is 5.11 Å². The minimum absolute atomic E-state index is 0.221. The molecule has 3 rings (SSSR count). The van der Waals surface area contributed by atoms with E-state index < -0.39 is 15.8 Å². The summed E-state index contributed by atoms with van der Waals surface area (Å²) in [6.45, 7) is 0. The van der Waals surface area contributed by atoms with Gasteiger partial charge >= 0.3 is 5.97 Å². The normalized spacial score (nSPS) is 27.4. The minimum Gasteiger partial charge on any atom is -0.481 e. The highest BCUT2D eigenvalue weighted by Gasteiger charge is 2.46. The molecule has 0 heterocycles. The number of unbranched alkanes of at least 4 members (excludes halogenated alkanes) is 1. The number of benzene rings is 1. The van der Waals surface area contributed by atoms with Crippen LogP contribution in [0.5, 0.6) is 0 Å². The van der Waals surface area contributed by atoms with Gasteiger partial charge in [-0.25, -0.2) is 8.42 Å². The molecule has 2 bridgehead atoms. The molecule has 0 unspecified atom stereocenters. The highest BCUT2D eigenvalue weighted by Crippen LogP contribution is 2.55. The molecule has 5 heteroatoms. The lowest BCUT2D eigenvalue weighted by Gasteiger charge is -2.30. The summed E-state index contributed by atoms with van der Waals surface area (Å²) in [6.07, 6.45) is 11.6. The highest BCUT2D eigenvalue weighted by molar-refractivity contribution is 7.91. The van der Waals surface area contributed by atoms with Gasteiger partial charge in [0.05, 0.1) is 10.6 Å². The third-order valence-corrected chi connectivity index (χ3v) is 8.20. The molecule has 2 fully saturated rings. The second-order valence-electron chi connectivity index (χ2n) is 8.07. The quantitative estimate of drug-likeness (QED) is 0.464. The van der Waals surface area contributed by atoms with Crippen LogP contribution >= 0.6 is 0 Å². The summed E-state index contributed by atoms with van der Waals surface area (Å²) in [5.74, 6) is 2.02. The molecule has 4 atom stereocenters. The zero-order chi connectivity index (χ0) is 19.3. The first-order chi connectivity index (χ1) is 13.0. The Morgan fingerprint density at radius 2 is 1.78 bits per heavy atom. The summed E-state index contributed by atoms with van der Waals surface area (Å²) in [7, 11) is -3.20. The summed E-state index contributed by atoms with van der Waals surface area (Å²) in [5.41, 5.74) is 0. The molecule has 0 saturated heterocycles. The van der Waals surface area contributed by atoms with Gasteiger partial charge in [0.2, 0.25) is 0 Å². The van der Waals surface area contributed by atoms with Crippen LogP contribution in [0.3, 0.4) is 0 Å². The molecular weight excluding hydrogens is 360 g/mol. The van der Waals surface area contributed by atoms with E-state index in [0.717, 1.165) is 25.2 Å². The topological polar surface area (TPSA) is 71.4 Å². The Hall–Kier alpha value is -1.62. The molecule has 27 heavy (non-hydrogen) atoms. The molecular formula is C22H30O4S. The monoisotopic (exact) mass is 390 g/mol. The molecule has 1 aromatic carbocycles. The third kappa shape index (κ3) is 5.22. The number of carbonyl (C=O) groups is 1. The van der Waals surface area contributed by atoms with Crippen LogP contribution < -0.4 is 0 Å². The molecule has 4 nitrogen and oxygen atoms in total. The van der Waals surface area contributed by atoms with Crippen LogP contribution in [0.4, 0.5) is 0 Å². The molecule has 0 radical (unpaired) electrons. The predicted octanol–water partition coefficient (Wildman–Crippen LogP) is 4.71. The average Bonchev–Trinajstić information content (AvgIpc) is 3.25. The zero-order valence-corrected chi connectivity index (χ0v) is 16.6. The maximum atomic E-state index is 12.6. The van der Waals surface area contributed by atoms with Crippen LogP contribution in [0.15, 0.2) is 47.4 Å². The van der Waals surface area contributed by atoms with E-state index in [1.165, 1.54) is 19.3 Å². The Morgan fingerprint density at radius 3 is 2.48 bits per heavy atom. The smallest absolute Gasteiger partial charge is 0.303 e. The van der Waals surface area contributed by atoms with Crippen molar-refractivity contribution in [2.75, 3.05) is 5.75 Å². The first kappa shape index (κ1) is 20.1. The van der Waals surface area contributed by atoms with Crippen molar-refractivity contribution in [3.63, 3.8) is 0 Å². The van der Waals surface area contributed by atoms with Gasteiger partial charge in [-0.2, -0.15) is 0 Å². The van der Waals surface area contributed by atoms with Gasteiger partial charge < -0.3 is 5.11 Å². The van der Waals surface area contributed by atoms with Crippen molar-refractivity contribution in [2.45, 2.75) is 56.3 Å². The maximum absolute atomic E-state index is 12.6. The number of sulfone groups is 1. The van der Waals surface area contributed by atoms with Crippen LogP contribution in [0, 0.1) is 23.7 Å². The van der Waals surface area contributed by atoms with E-state index in [0.29, 0.717) is 29.1 Å². The molecule has 2 saturated carbocycles. The second-order valence-corrected chi connectivity index (χ2v) is 10.2. The van der Waals surface area contributed by atoms with E-state index in [1.807, 2.05) is 6.07 Å². The van der Waals surface area contributed by atoms with Crippen molar-refractivity contribution in [2.24, 2.45) is 23.7 Å². The number of aliphatic carboxylic acids is 1. The zero-order valence-electron chi connectivity index (χ0n) is 15.8. The van der Waals surface area contributed by atoms with Gasteiger partial charge in [0.25, 0.3) is 0 Å². The maximum Gasteiger partial charge on any atom is 0.303 e. The Kier molecular flexibility index (Phi) is 6.74. The van der Waals surface area contributed by atoms with Crippen molar-refractivity contribution in [1.29, 1.82) is 0 Å². The van der Waals surface area contributed by atoms with Crippen molar-refractivity contribution in [3.8, 4) is 0 Å². The van der Waals surface area contributed by atoms with Crippen LogP contribution in [0.1, 0.15) is 51.4 Å². The first-order valence-electron chi connectivity index (χ1n) is 10.1. The number of carboxylic acids is 1. The van der Waals surface area contributed by atoms with Crippen LogP contribution in [-0.4, -0.2) is 25.2 Å². The van der Waals surface area contributed by atoms with E-state index >= 15 is 0 Å². The van der Waals surface area contributed by atoms with Gasteiger partial charge in [-0.1, -0.05) is 30.4 Å². The molecule has 1 N–H and O–H groups in total. The second kappa shape index (κ2) is 9.05. The Bertz CT molecular complexity index is 754. The summed E-state index contributed by atoms with van der Waals surface area (Å²) >= 11 is 0. The van der Waals surface area contributed by atoms with E-state index in [-0.39, 0.29) is 12.2 Å². The molecule has 0 spiro atoms. The fourth-order valence-electron chi connectivity index (χ4n) is 5.13. The standard InChI is InChI=1S/C22H30O4S/c23-22(24)11-7-2-1-6-10-20-17-12-13-18(16-17)21(20)14-15-27(25,26)19-8-4-3-5-9-19/h1,3-6,8-9,17-18,20-21H,2,7,10-16H2,(H,23,24)/b6-1-/t17-,18+,20-,21+/m0/s1. The Labute approximate surface area is 162 Å². The van der Waals surface area contributed by atoms with Crippen molar-refractivity contribution in [3.05, 3.63) is 42.5 Å². The Balaban J connectivity index is 1.54. The van der Waals surface area contributed by atoms with Crippen LogP contribution in [-0.2, 0) is 14.6 Å². The van der Waals surface area contributed by atoms with Gasteiger partial charge in [0, 0.05) is 6.42 Å². The molecule has 0 aliphatic heterocycles. The van der Waals surface area contributed by atoms with Crippen LogP contribution in [0.25, 0.3) is 0 Å². The minimum atomic E-state index is -3.20. The first-order valence-corrected chi connectivity index (χ1v) is 11.8. The summed E-state index contributed by atoms with van der Waals surface area (Å²) < 4.78 is 25.3. The SMILES string of the molecule is O=C(O)CCC/C=C\C[C@H]1[C@H]2CC[C@H](C2)[C@H]1CCS(=O)(=O)c1ccccc1. The van der Waals surface area contributed by atoms with E-state index in [2.05, 4.69) is 12.2 Å². The van der Waals surface area contributed by atoms with Gasteiger partial charge in [0.15, 0.2) is 9.84 Å². The highest BCUT2D eigenvalue weighted by atomic mass is 32.2. The number of carboxylic acid groups (broad SMARTS) is 1. The molecule has 0 aromatic heterocycles. The molecule has 2 aliphatic rings. The predicted molar refractivity (Wildman–Crippen MR) is 106 cm³/mol. The molecule has 148 valence electrons. The lowest BCUT2D eigenvalue weighted by atomic mass is 9.76. The van der Waals surface area contributed by atoms with E-state index in [1.54, 1.807) is 24.3 Å². The Morgan fingerprint density at radius 1 is 1.07 bits per heavy atom. The number of rotatable bonds is 10. The summed E-state index contributed by atoms with van der Waals surface area (Å²) in [6, 6.07) is 8.78. The lowest BCUT2D eigenvalue weighted by Crippen LogP contribution is -2.24. The van der Waals surface area contributed by atoms with Crippen molar-refractivity contribution >= 4 is 15.8 Å². The number of hydrogen-bond acceptors (Lipinski definition) is 3. The van der Waals surface area contributed by atoms with Gasteiger partial charge in [-0.05, 0) is 80.8 Å². The third-order valence-electron chi connectivity index (χ3n) is 6.43. The number of allylic oxidation sites excluding steroid dienone is 2.